The van der Waals surface area contributed by atoms with Crippen molar-refractivity contribution in [1.29, 1.82) is 0 Å². The Labute approximate surface area is 160 Å². The van der Waals surface area contributed by atoms with Gasteiger partial charge in [0.2, 0.25) is 10.0 Å². The van der Waals surface area contributed by atoms with Crippen molar-refractivity contribution in [3.8, 4) is 11.3 Å². The molecule has 0 atom stereocenters. The summed E-state index contributed by atoms with van der Waals surface area (Å²) in [6, 6.07) is 11.0. The number of hydrogen-bond acceptors (Lipinski definition) is 3. The molecule has 0 fully saturated rings. The predicted molar refractivity (Wildman–Crippen MR) is 109 cm³/mol. The van der Waals surface area contributed by atoms with E-state index < -0.39 is 10.0 Å². The van der Waals surface area contributed by atoms with Gasteiger partial charge < -0.3 is 4.98 Å². The molecular formula is C21H24N2O3S. The molecule has 3 rings (SSSR count). The van der Waals surface area contributed by atoms with E-state index in [1.54, 1.807) is 18.2 Å². The first kappa shape index (κ1) is 19.3. The second-order valence-electron chi connectivity index (χ2n) is 6.65. The van der Waals surface area contributed by atoms with E-state index in [0.29, 0.717) is 24.0 Å². The Hall–Kier alpha value is -2.44. The Morgan fingerprint density at radius 2 is 1.74 bits per heavy atom. The summed E-state index contributed by atoms with van der Waals surface area (Å²) in [6.07, 6.45) is 0.795. The SMILES string of the molecule is CCN(CC)S(=O)(=O)c1ccc2[nH]c(-c3cc(C)ccc3C)c(C=O)c2c1. The van der Waals surface area contributed by atoms with E-state index in [2.05, 4.69) is 4.98 Å². The maximum absolute atomic E-state index is 12.8. The van der Waals surface area contributed by atoms with Crippen LogP contribution in [0.1, 0.15) is 35.3 Å². The summed E-state index contributed by atoms with van der Waals surface area (Å²) in [7, 11) is -3.58. The number of rotatable bonds is 6. The van der Waals surface area contributed by atoms with Crippen LogP contribution in [0, 0.1) is 13.8 Å². The van der Waals surface area contributed by atoms with Crippen molar-refractivity contribution in [2.75, 3.05) is 13.1 Å². The third-order valence-electron chi connectivity index (χ3n) is 4.93. The Bertz CT molecular complexity index is 1110. The van der Waals surface area contributed by atoms with Crippen molar-refractivity contribution in [2.45, 2.75) is 32.6 Å². The lowest BCUT2D eigenvalue weighted by Gasteiger charge is -2.18. The largest absolute Gasteiger partial charge is 0.354 e. The number of carbonyl (C=O) groups excluding carboxylic acids is 1. The first-order chi connectivity index (χ1) is 12.8. The molecule has 0 aliphatic rings. The third-order valence-corrected chi connectivity index (χ3v) is 6.98. The standard InChI is InChI=1S/C21H24N2O3S/c1-5-23(6-2)27(25,26)16-9-10-20-18(12-16)19(13-24)21(22-20)17-11-14(3)7-8-15(17)4/h7-13,22H,5-6H2,1-4H3. The lowest BCUT2D eigenvalue weighted by atomic mass is 10.00. The zero-order valence-corrected chi connectivity index (χ0v) is 16.9. The summed E-state index contributed by atoms with van der Waals surface area (Å²) < 4.78 is 27.1. The van der Waals surface area contributed by atoms with Gasteiger partial charge in [0.15, 0.2) is 6.29 Å². The summed E-state index contributed by atoms with van der Waals surface area (Å²) in [5, 5.41) is 0.620. The van der Waals surface area contributed by atoms with Gasteiger partial charge in [0.25, 0.3) is 0 Å². The normalized spacial score (nSPS) is 12.0. The van der Waals surface area contributed by atoms with Gasteiger partial charge in [0, 0.05) is 35.1 Å². The molecule has 0 radical (unpaired) electrons. The highest BCUT2D eigenvalue weighted by Gasteiger charge is 2.23. The number of aromatic nitrogens is 1. The fourth-order valence-electron chi connectivity index (χ4n) is 3.40. The predicted octanol–water partition coefficient (Wildman–Crippen LogP) is 4.29. The number of aryl methyl sites for hydroxylation is 2. The fourth-order valence-corrected chi connectivity index (χ4v) is 4.89. The van der Waals surface area contributed by atoms with Gasteiger partial charge in [-0.05, 0) is 43.7 Å². The maximum Gasteiger partial charge on any atom is 0.243 e. The third kappa shape index (κ3) is 3.31. The molecule has 1 aromatic heterocycles. The molecule has 6 heteroatoms. The number of hydrogen-bond donors (Lipinski definition) is 1. The van der Waals surface area contributed by atoms with E-state index in [9.17, 15) is 13.2 Å². The van der Waals surface area contributed by atoms with E-state index in [4.69, 9.17) is 0 Å². The molecule has 0 spiro atoms. The van der Waals surface area contributed by atoms with Crippen LogP contribution in [0.25, 0.3) is 22.2 Å². The van der Waals surface area contributed by atoms with Gasteiger partial charge in [-0.15, -0.1) is 0 Å². The fraction of sp³-hybridized carbons (Fsp3) is 0.286. The molecule has 0 amide bonds. The van der Waals surface area contributed by atoms with Crippen LogP contribution in [0.4, 0.5) is 0 Å². The zero-order chi connectivity index (χ0) is 19.8. The quantitative estimate of drug-likeness (QED) is 0.644. The van der Waals surface area contributed by atoms with Crippen LogP contribution in [0.5, 0.6) is 0 Å². The van der Waals surface area contributed by atoms with Crippen LogP contribution >= 0.6 is 0 Å². The van der Waals surface area contributed by atoms with Crippen LogP contribution in [0.15, 0.2) is 41.3 Å². The second-order valence-corrected chi connectivity index (χ2v) is 8.58. The van der Waals surface area contributed by atoms with E-state index >= 15 is 0 Å². The second kappa shape index (κ2) is 7.29. The summed E-state index contributed by atoms with van der Waals surface area (Å²) in [5.74, 6) is 0. The Morgan fingerprint density at radius 1 is 1.04 bits per heavy atom. The summed E-state index contributed by atoms with van der Waals surface area (Å²) in [4.78, 5) is 15.4. The molecule has 5 nitrogen and oxygen atoms in total. The Balaban J connectivity index is 2.24. The van der Waals surface area contributed by atoms with E-state index in [-0.39, 0.29) is 4.90 Å². The molecule has 142 valence electrons. The van der Waals surface area contributed by atoms with Gasteiger partial charge in [-0.3, -0.25) is 4.79 Å². The highest BCUT2D eigenvalue weighted by molar-refractivity contribution is 7.89. The van der Waals surface area contributed by atoms with Crippen molar-refractivity contribution in [3.63, 3.8) is 0 Å². The number of nitrogens with zero attached hydrogens (tertiary/aromatic N) is 1. The zero-order valence-electron chi connectivity index (χ0n) is 16.0. The molecule has 2 aromatic carbocycles. The number of aldehydes is 1. The van der Waals surface area contributed by atoms with Crippen molar-refractivity contribution in [2.24, 2.45) is 0 Å². The van der Waals surface area contributed by atoms with Crippen molar-refractivity contribution < 1.29 is 13.2 Å². The molecule has 0 bridgehead atoms. The van der Waals surface area contributed by atoms with Crippen molar-refractivity contribution in [3.05, 3.63) is 53.1 Å². The lowest BCUT2D eigenvalue weighted by molar-refractivity contribution is 0.112. The average Bonchev–Trinajstić information content (AvgIpc) is 3.02. The van der Waals surface area contributed by atoms with Gasteiger partial charge in [0.05, 0.1) is 10.6 Å². The Kier molecular flexibility index (Phi) is 5.22. The Morgan fingerprint density at radius 3 is 2.37 bits per heavy atom. The van der Waals surface area contributed by atoms with Gasteiger partial charge >= 0.3 is 0 Å². The number of H-pyrrole nitrogens is 1. The number of fused-ring (bicyclic) bond motifs is 1. The van der Waals surface area contributed by atoms with Crippen LogP contribution in [0.3, 0.4) is 0 Å². The monoisotopic (exact) mass is 384 g/mol. The number of aromatic amines is 1. The summed E-state index contributed by atoms with van der Waals surface area (Å²) in [6.45, 7) is 8.42. The maximum atomic E-state index is 12.8. The van der Waals surface area contributed by atoms with E-state index in [1.807, 2.05) is 45.9 Å². The molecule has 0 unspecified atom stereocenters. The van der Waals surface area contributed by atoms with E-state index in [0.717, 1.165) is 34.2 Å². The highest BCUT2D eigenvalue weighted by atomic mass is 32.2. The van der Waals surface area contributed by atoms with Crippen LogP contribution in [0.2, 0.25) is 0 Å². The van der Waals surface area contributed by atoms with Crippen LogP contribution < -0.4 is 0 Å². The number of sulfonamides is 1. The number of benzene rings is 2. The van der Waals surface area contributed by atoms with Gasteiger partial charge in [-0.2, -0.15) is 4.31 Å². The topological polar surface area (TPSA) is 70.2 Å². The molecule has 1 heterocycles. The first-order valence-corrected chi connectivity index (χ1v) is 10.5. The lowest BCUT2D eigenvalue weighted by Crippen LogP contribution is -2.30. The highest BCUT2D eigenvalue weighted by Crippen LogP contribution is 2.33. The van der Waals surface area contributed by atoms with E-state index in [1.165, 1.54) is 4.31 Å². The first-order valence-electron chi connectivity index (χ1n) is 9.02. The average molecular weight is 385 g/mol. The van der Waals surface area contributed by atoms with Crippen LogP contribution in [-0.2, 0) is 10.0 Å². The molecule has 0 saturated heterocycles. The number of carbonyl (C=O) groups is 1. The molecule has 0 aliphatic carbocycles. The summed E-state index contributed by atoms with van der Waals surface area (Å²) in [5.41, 5.74) is 5.03. The minimum absolute atomic E-state index is 0.202. The van der Waals surface area contributed by atoms with Gasteiger partial charge in [-0.1, -0.05) is 31.5 Å². The molecular weight excluding hydrogens is 360 g/mol. The van der Waals surface area contributed by atoms with Crippen molar-refractivity contribution >= 4 is 27.2 Å². The van der Waals surface area contributed by atoms with Gasteiger partial charge in [-0.25, -0.2) is 8.42 Å². The van der Waals surface area contributed by atoms with Gasteiger partial charge in [0.1, 0.15) is 0 Å². The number of nitrogens with one attached hydrogen (secondary N) is 1. The minimum Gasteiger partial charge on any atom is -0.354 e. The van der Waals surface area contributed by atoms with Crippen molar-refractivity contribution in [1.82, 2.24) is 9.29 Å². The van der Waals surface area contributed by atoms with Crippen LogP contribution in [-0.4, -0.2) is 37.1 Å². The molecule has 27 heavy (non-hydrogen) atoms. The smallest absolute Gasteiger partial charge is 0.243 e. The molecule has 0 saturated carbocycles. The summed E-state index contributed by atoms with van der Waals surface area (Å²) >= 11 is 0. The molecule has 1 N–H and O–H groups in total. The minimum atomic E-state index is -3.58. The molecule has 3 aromatic rings. The molecule has 0 aliphatic heterocycles.